The molecule has 0 bridgehead atoms. The predicted octanol–water partition coefficient (Wildman–Crippen LogP) is 1.19. The molecule has 0 radical (unpaired) electrons. The molecule has 0 aromatic heterocycles. The number of ether oxygens (including phenoxy) is 1. The molecule has 1 amide bonds. The van der Waals surface area contributed by atoms with Crippen LogP contribution in [0.5, 0.6) is 0 Å². The molecule has 0 saturated carbocycles. The zero-order valence-corrected chi connectivity index (χ0v) is 6.55. The number of alkyl halides is 1. The molecule has 0 aromatic rings. The Bertz CT molecular complexity index is 143. The molecule has 1 saturated heterocycles. The number of nitrogens with zero attached hydrogens (tertiary/aromatic N) is 1. The van der Waals surface area contributed by atoms with E-state index in [1.54, 1.807) is 0 Å². The molecule has 4 heteroatoms. The van der Waals surface area contributed by atoms with E-state index in [9.17, 15) is 9.18 Å². The number of halogens is 1. The van der Waals surface area contributed by atoms with Gasteiger partial charge in [-0.1, -0.05) is 0 Å². The highest BCUT2D eigenvalue weighted by Crippen LogP contribution is 2.13. The minimum absolute atomic E-state index is 0.350. The molecule has 1 heterocycles. The normalized spacial score (nSPS) is 20.0. The Morgan fingerprint density at radius 3 is 2.55 bits per heavy atom. The van der Waals surface area contributed by atoms with Gasteiger partial charge < -0.3 is 9.64 Å². The molecule has 0 aliphatic carbocycles. The number of likely N-dealkylation sites (tertiary alicyclic amines) is 1. The lowest BCUT2D eigenvalue weighted by molar-refractivity contribution is 0.0984. The second kappa shape index (κ2) is 3.55. The highest BCUT2D eigenvalue weighted by molar-refractivity contribution is 5.67. The van der Waals surface area contributed by atoms with Crippen LogP contribution in [0.25, 0.3) is 0 Å². The van der Waals surface area contributed by atoms with Gasteiger partial charge in [-0.15, -0.1) is 0 Å². The Kier molecular flexibility index (Phi) is 2.68. The topological polar surface area (TPSA) is 29.5 Å². The summed E-state index contributed by atoms with van der Waals surface area (Å²) in [6.45, 7) is 0.960. The number of methoxy groups -OCH3 is 1. The van der Waals surface area contributed by atoms with Crippen molar-refractivity contribution in [3.8, 4) is 0 Å². The number of carbonyl (C=O) groups is 1. The van der Waals surface area contributed by atoms with Crippen LogP contribution in [0.2, 0.25) is 0 Å². The van der Waals surface area contributed by atoms with Crippen LogP contribution in [-0.4, -0.2) is 37.4 Å². The number of hydrogen-bond donors (Lipinski definition) is 0. The molecule has 3 nitrogen and oxygen atoms in total. The quantitative estimate of drug-likeness (QED) is 0.534. The van der Waals surface area contributed by atoms with Gasteiger partial charge in [0, 0.05) is 13.1 Å². The SMILES string of the molecule is COC(=O)N1CCC(F)CC1. The third kappa shape index (κ3) is 2.06. The minimum Gasteiger partial charge on any atom is -0.453 e. The van der Waals surface area contributed by atoms with Gasteiger partial charge in [0.1, 0.15) is 6.17 Å². The van der Waals surface area contributed by atoms with Crippen LogP contribution < -0.4 is 0 Å². The molecule has 11 heavy (non-hydrogen) atoms. The fourth-order valence-corrected chi connectivity index (χ4v) is 1.16. The van der Waals surface area contributed by atoms with E-state index in [4.69, 9.17) is 0 Å². The van der Waals surface area contributed by atoms with Crippen molar-refractivity contribution in [3.63, 3.8) is 0 Å². The fourth-order valence-electron chi connectivity index (χ4n) is 1.16. The van der Waals surface area contributed by atoms with E-state index in [2.05, 4.69) is 4.74 Å². The summed E-state index contributed by atoms with van der Waals surface area (Å²) >= 11 is 0. The Morgan fingerprint density at radius 1 is 1.55 bits per heavy atom. The lowest BCUT2D eigenvalue weighted by atomic mass is 10.1. The molecule has 0 unspecified atom stereocenters. The van der Waals surface area contributed by atoms with Crippen LogP contribution in [0.3, 0.4) is 0 Å². The largest absolute Gasteiger partial charge is 0.453 e. The molecule has 0 atom stereocenters. The average molecular weight is 161 g/mol. The van der Waals surface area contributed by atoms with E-state index in [0.717, 1.165) is 0 Å². The molecule has 0 spiro atoms. The third-order valence-corrected chi connectivity index (χ3v) is 1.86. The molecule has 1 aliphatic heterocycles. The number of carbonyl (C=O) groups excluding carboxylic acids is 1. The van der Waals surface area contributed by atoms with E-state index in [1.165, 1.54) is 12.0 Å². The minimum atomic E-state index is -0.740. The van der Waals surface area contributed by atoms with Crippen molar-refractivity contribution in [2.45, 2.75) is 19.0 Å². The summed E-state index contributed by atoms with van der Waals surface area (Å²) < 4.78 is 17.0. The average Bonchev–Trinajstić information content (AvgIpc) is 2.05. The zero-order chi connectivity index (χ0) is 8.27. The number of rotatable bonds is 0. The summed E-state index contributed by atoms with van der Waals surface area (Å²) in [4.78, 5) is 12.4. The molecular weight excluding hydrogens is 149 g/mol. The smallest absolute Gasteiger partial charge is 0.409 e. The van der Waals surface area contributed by atoms with Crippen molar-refractivity contribution in [3.05, 3.63) is 0 Å². The van der Waals surface area contributed by atoms with Crippen LogP contribution >= 0.6 is 0 Å². The van der Waals surface area contributed by atoms with Crippen LogP contribution in [0.15, 0.2) is 0 Å². The van der Waals surface area contributed by atoms with Crippen molar-refractivity contribution < 1.29 is 13.9 Å². The fraction of sp³-hybridized carbons (Fsp3) is 0.857. The van der Waals surface area contributed by atoms with Gasteiger partial charge in [0.2, 0.25) is 0 Å². The maximum Gasteiger partial charge on any atom is 0.409 e. The summed E-state index contributed by atoms with van der Waals surface area (Å²) in [5.74, 6) is 0. The Balaban J connectivity index is 2.33. The number of hydrogen-bond acceptors (Lipinski definition) is 2. The van der Waals surface area contributed by atoms with Crippen LogP contribution in [0.4, 0.5) is 9.18 Å². The first-order valence-electron chi connectivity index (χ1n) is 3.71. The first-order valence-corrected chi connectivity index (χ1v) is 3.71. The first kappa shape index (κ1) is 8.30. The van der Waals surface area contributed by atoms with E-state index < -0.39 is 6.17 Å². The summed E-state index contributed by atoms with van der Waals surface area (Å²) in [6, 6.07) is 0. The second-order valence-corrected chi connectivity index (χ2v) is 2.63. The number of amides is 1. The summed E-state index contributed by atoms with van der Waals surface area (Å²) in [5, 5.41) is 0. The molecule has 64 valence electrons. The molecule has 1 fully saturated rings. The summed E-state index contributed by atoms with van der Waals surface area (Å²) in [7, 11) is 1.34. The number of piperidine rings is 1. The second-order valence-electron chi connectivity index (χ2n) is 2.63. The summed E-state index contributed by atoms with van der Waals surface area (Å²) in [5.41, 5.74) is 0. The van der Waals surface area contributed by atoms with Gasteiger partial charge in [-0.25, -0.2) is 9.18 Å². The van der Waals surface area contributed by atoms with Crippen molar-refractivity contribution >= 4 is 6.09 Å². The van der Waals surface area contributed by atoms with Gasteiger partial charge in [0.15, 0.2) is 0 Å². The van der Waals surface area contributed by atoms with E-state index in [0.29, 0.717) is 25.9 Å². The summed E-state index contributed by atoms with van der Waals surface area (Å²) in [6.07, 6.45) is -0.211. The van der Waals surface area contributed by atoms with Gasteiger partial charge in [-0.05, 0) is 12.8 Å². The lowest BCUT2D eigenvalue weighted by Gasteiger charge is -2.26. The van der Waals surface area contributed by atoms with Gasteiger partial charge in [-0.2, -0.15) is 0 Å². The van der Waals surface area contributed by atoms with E-state index >= 15 is 0 Å². The van der Waals surface area contributed by atoms with E-state index in [-0.39, 0.29) is 6.09 Å². The molecule has 1 rings (SSSR count). The molecule has 0 N–H and O–H groups in total. The highest BCUT2D eigenvalue weighted by atomic mass is 19.1. The first-order chi connectivity index (χ1) is 5.24. The van der Waals surface area contributed by atoms with Crippen molar-refractivity contribution in [2.24, 2.45) is 0 Å². The van der Waals surface area contributed by atoms with Crippen LogP contribution in [-0.2, 0) is 4.74 Å². The van der Waals surface area contributed by atoms with E-state index in [1.807, 2.05) is 0 Å². The van der Waals surface area contributed by atoms with Gasteiger partial charge in [-0.3, -0.25) is 0 Å². The van der Waals surface area contributed by atoms with Gasteiger partial charge >= 0.3 is 6.09 Å². The monoisotopic (exact) mass is 161 g/mol. The maximum atomic E-state index is 12.5. The van der Waals surface area contributed by atoms with Crippen LogP contribution in [0.1, 0.15) is 12.8 Å². The van der Waals surface area contributed by atoms with Crippen molar-refractivity contribution in [1.29, 1.82) is 0 Å². The molecule has 0 aromatic carbocycles. The Labute approximate surface area is 65.1 Å². The lowest BCUT2D eigenvalue weighted by Crippen LogP contribution is -2.38. The molecular formula is C7H12FNO2. The maximum absolute atomic E-state index is 12.5. The Morgan fingerprint density at radius 2 is 2.09 bits per heavy atom. The zero-order valence-electron chi connectivity index (χ0n) is 6.55. The Hall–Kier alpha value is -0.800. The predicted molar refractivity (Wildman–Crippen MR) is 38.1 cm³/mol. The van der Waals surface area contributed by atoms with Crippen molar-refractivity contribution in [2.75, 3.05) is 20.2 Å². The third-order valence-electron chi connectivity index (χ3n) is 1.86. The van der Waals surface area contributed by atoms with Crippen molar-refractivity contribution in [1.82, 2.24) is 4.90 Å². The van der Waals surface area contributed by atoms with Crippen LogP contribution in [0, 0.1) is 0 Å². The van der Waals surface area contributed by atoms with Gasteiger partial charge in [0.25, 0.3) is 0 Å². The highest BCUT2D eigenvalue weighted by Gasteiger charge is 2.22. The van der Waals surface area contributed by atoms with Gasteiger partial charge in [0.05, 0.1) is 7.11 Å². The molecule has 1 aliphatic rings. The standard InChI is InChI=1S/C7H12FNO2/c1-11-7(10)9-4-2-6(8)3-5-9/h6H,2-5H2,1H3.